The first-order valence-electron chi connectivity index (χ1n) is 5.52. The first kappa shape index (κ1) is 14.9. The number of hydrogen-bond acceptors (Lipinski definition) is 5. The summed E-state index contributed by atoms with van der Waals surface area (Å²) in [5.74, 6) is 0.0208. The fourth-order valence-corrected chi connectivity index (χ4v) is 5.36. The highest BCUT2D eigenvalue weighted by Crippen LogP contribution is 2.20. The lowest BCUT2D eigenvalue weighted by molar-refractivity contribution is 0.387. The molecule has 0 aliphatic carbocycles. The Morgan fingerprint density at radius 3 is 2.47 bits per heavy atom. The minimum atomic E-state index is -3.43. The van der Waals surface area contributed by atoms with Gasteiger partial charge in [0.1, 0.15) is 0 Å². The van der Waals surface area contributed by atoms with Gasteiger partial charge in [0.15, 0.2) is 9.84 Å². The Kier molecular flexibility index (Phi) is 4.56. The molecule has 6 nitrogen and oxygen atoms in total. The minimum absolute atomic E-state index is 0.0605. The normalized spacial score (nSPS) is 26.2. The van der Waals surface area contributed by atoms with Crippen molar-refractivity contribution in [3.05, 3.63) is 0 Å². The molecule has 1 saturated heterocycles. The fraction of sp³-hybridized carbons (Fsp3) is 1.00. The molecule has 2 unspecified atom stereocenters. The van der Waals surface area contributed by atoms with E-state index in [2.05, 4.69) is 5.32 Å². The molecule has 0 aromatic carbocycles. The van der Waals surface area contributed by atoms with Gasteiger partial charge in [0.05, 0.1) is 16.8 Å². The molecule has 0 spiro atoms. The number of sulfonamides is 1. The molecule has 0 radical (unpaired) electrons. The summed E-state index contributed by atoms with van der Waals surface area (Å²) in [5, 5.41) is 2.26. The maximum absolute atomic E-state index is 12.1. The van der Waals surface area contributed by atoms with E-state index in [1.807, 2.05) is 0 Å². The lowest BCUT2D eigenvalue weighted by atomic mass is 10.3. The van der Waals surface area contributed by atoms with Gasteiger partial charge < -0.3 is 5.32 Å². The van der Waals surface area contributed by atoms with Gasteiger partial charge in [0.25, 0.3) is 0 Å². The Labute approximate surface area is 103 Å². The smallest absolute Gasteiger partial charge is 0.217 e. The van der Waals surface area contributed by atoms with Crippen LogP contribution < -0.4 is 5.32 Å². The average Bonchev–Trinajstić information content (AvgIpc) is 2.58. The summed E-state index contributed by atoms with van der Waals surface area (Å²) in [5.41, 5.74) is 0. The van der Waals surface area contributed by atoms with Gasteiger partial charge in [0.2, 0.25) is 10.0 Å². The predicted molar refractivity (Wildman–Crippen MR) is 67.1 cm³/mol. The van der Waals surface area contributed by atoms with Crippen molar-refractivity contribution in [1.29, 1.82) is 0 Å². The molecule has 1 aliphatic rings. The van der Waals surface area contributed by atoms with E-state index in [1.165, 1.54) is 11.4 Å². The fourth-order valence-electron chi connectivity index (χ4n) is 1.95. The minimum Gasteiger partial charge on any atom is -0.318 e. The van der Waals surface area contributed by atoms with Crippen molar-refractivity contribution in [3.63, 3.8) is 0 Å². The largest absolute Gasteiger partial charge is 0.318 e. The molecule has 0 amide bonds. The van der Waals surface area contributed by atoms with Gasteiger partial charge in [-0.3, -0.25) is 0 Å². The Morgan fingerprint density at radius 2 is 2.06 bits per heavy atom. The van der Waals surface area contributed by atoms with Crippen LogP contribution in [-0.4, -0.2) is 64.6 Å². The van der Waals surface area contributed by atoms with Gasteiger partial charge >= 0.3 is 0 Å². The highest BCUT2D eigenvalue weighted by Gasteiger charge is 2.37. The maximum Gasteiger partial charge on any atom is 0.217 e. The molecule has 17 heavy (non-hydrogen) atoms. The first-order valence-corrected chi connectivity index (χ1v) is 8.85. The maximum atomic E-state index is 12.1. The Morgan fingerprint density at radius 1 is 1.47 bits per heavy atom. The second-order valence-electron chi connectivity index (χ2n) is 4.49. The quantitative estimate of drug-likeness (QED) is 0.703. The van der Waals surface area contributed by atoms with Gasteiger partial charge in [-0.05, 0) is 20.4 Å². The van der Waals surface area contributed by atoms with Crippen LogP contribution in [0.15, 0.2) is 0 Å². The highest BCUT2D eigenvalue weighted by molar-refractivity contribution is 7.92. The third kappa shape index (κ3) is 3.40. The van der Waals surface area contributed by atoms with Crippen LogP contribution in [0.25, 0.3) is 0 Å². The molecule has 1 aliphatic heterocycles. The van der Waals surface area contributed by atoms with Crippen molar-refractivity contribution in [2.45, 2.75) is 24.6 Å². The number of rotatable bonds is 5. The van der Waals surface area contributed by atoms with E-state index in [9.17, 15) is 16.8 Å². The monoisotopic (exact) mass is 284 g/mol. The van der Waals surface area contributed by atoms with E-state index < -0.39 is 31.2 Å². The van der Waals surface area contributed by atoms with Crippen molar-refractivity contribution < 1.29 is 16.8 Å². The van der Waals surface area contributed by atoms with E-state index in [4.69, 9.17) is 0 Å². The van der Waals surface area contributed by atoms with E-state index in [0.717, 1.165) is 0 Å². The molecular formula is C9H20N2O4S2. The van der Waals surface area contributed by atoms with E-state index in [1.54, 1.807) is 14.0 Å². The second kappa shape index (κ2) is 5.21. The molecule has 0 saturated carbocycles. The molecular weight excluding hydrogens is 264 g/mol. The van der Waals surface area contributed by atoms with Crippen LogP contribution >= 0.6 is 0 Å². The van der Waals surface area contributed by atoms with Crippen LogP contribution in [0.1, 0.15) is 13.3 Å². The van der Waals surface area contributed by atoms with Crippen LogP contribution in [0.5, 0.6) is 0 Å². The first-order chi connectivity index (χ1) is 7.70. The SMILES string of the molecule is CNCC(C)S(=O)(=O)N(C)C1CCS(=O)(=O)C1. The van der Waals surface area contributed by atoms with Gasteiger partial charge in [-0.1, -0.05) is 0 Å². The van der Waals surface area contributed by atoms with Gasteiger partial charge in [-0.25, -0.2) is 21.1 Å². The second-order valence-corrected chi connectivity index (χ2v) is 9.13. The summed E-state index contributed by atoms with van der Waals surface area (Å²) in [6.45, 7) is 1.97. The molecule has 1 rings (SSSR count). The molecule has 2 atom stereocenters. The molecule has 8 heteroatoms. The number of sulfone groups is 1. The molecule has 0 aromatic rings. The molecule has 1 N–H and O–H groups in total. The van der Waals surface area contributed by atoms with Gasteiger partial charge in [-0.15, -0.1) is 0 Å². The molecule has 102 valence electrons. The highest BCUT2D eigenvalue weighted by atomic mass is 32.2. The van der Waals surface area contributed by atoms with E-state index >= 15 is 0 Å². The molecule has 1 fully saturated rings. The van der Waals surface area contributed by atoms with Gasteiger partial charge in [0, 0.05) is 19.6 Å². The zero-order valence-electron chi connectivity index (χ0n) is 10.4. The van der Waals surface area contributed by atoms with Crippen LogP contribution in [-0.2, 0) is 19.9 Å². The van der Waals surface area contributed by atoms with Crippen LogP contribution in [0, 0.1) is 0 Å². The Hall–Kier alpha value is -0.180. The number of hydrogen-bond donors (Lipinski definition) is 1. The lowest BCUT2D eigenvalue weighted by Gasteiger charge is -2.26. The summed E-state index contributed by atoms with van der Waals surface area (Å²) in [4.78, 5) is 0. The summed E-state index contributed by atoms with van der Waals surface area (Å²) in [7, 11) is -3.34. The van der Waals surface area contributed by atoms with Crippen molar-refractivity contribution >= 4 is 19.9 Å². The number of nitrogens with one attached hydrogen (secondary N) is 1. The molecule has 1 heterocycles. The van der Waals surface area contributed by atoms with Crippen LogP contribution in [0.3, 0.4) is 0 Å². The van der Waals surface area contributed by atoms with Crippen molar-refractivity contribution in [1.82, 2.24) is 9.62 Å². The standard InChI is InChI=1S/C9H20N2O4S2/c1-8(6-10-2)17(14,15)11(3)9-4-5-16(12,13)7-9/h8-10H,4-7H2,1-3H3. The van der Waals surface area contributed by atoms with Crippen LogP contribution in [0.2, 0.25) is 0 Å². The molecule has 0 bridgehead atoms. The van der Waals surface area contributed by atoms with Crippen molar-refractivity contribution in [2.24, 2.45) is 0 Å². The lowest BCUT2D eigenvalue weighted by Crippen LogP contribution is -2.44. The summed E-state index contributed by atoms with van der Waals surface area (Å²) >= 11 is 0. The zero-order chi connectivity index (χ0) is 13.3. The summed E-state index contributed by atoms with van der Waals surface area (Å²) < 4.78 is 48.1. The Balaban J connectivity index is 2.80. The summed E-state index contributed by atoms with van der Waals surface area (Å²) in [6.07, 6.45) is 0.393. The van der Waals surface area contributed by atoms with E-state index in [0.29, 0.717) is 13.0 Å². The third-order valence-corrected chi connectivity index (χ3v) is 7.16. The van der Waals surface area contributed by atoms with Crippen molar-refractivity contribution in [3.8, 4) is 0 Å². The van der Waals surface area contributed by atoms with Crippen LogP contribution in [0.4, 0.5) is 0 Å². The summed E-state index contributed by atoms with van der Waals surface area (Å²) in [6, 6.07) is -0.413. The topological polar surface area (TPSA) is 83.6 Å². The molecule has 0 aromatic heterocycles. The van der Waals surface area contributed by atoms with Gasteiger partial charge in [-0.2, -0.15) is 0 Å². The Bertz CT molecular complexity index is 457. The third-order valence-electron chi connectivity index (χ3n) is 3.12. The average molecular weight is 284 g/mol. The number of nitrogens with zero attached hydrogens (tertiary/aromatic N) is 1. The van der Waals surface area contributed by atoms with Crippen molar-refractivity contribution in [2.75, 3.05) is 32.1 Å². The van der Waals surface area contributed by atoms with E-state index in [-0.39, 0.29) is 11.5 Å². The predicted octanol–water partition coefficient (Wildman–Crippen LogP) is -0.957. The zero-order valence-corrected chi connectivity index (χ0v) is 12.0.